The van der Waals surface area contributed by atoms with Gasteiger partial charge < -0.3 is 14.5 Å². The zero-order valence-electron chi connectivity index (χ0n) is 17.5. The largest absolute Gasteiger partial charge is 0.444 e. The van der Waals surface area contributed by atoms with Crippen molar-refractivity contribution in [2.24, 2.45) is 23.2 Å². The van der Waals surface area contributed by atoms with Crippen molar-refractivity contribution in [1.82, 2.24) is 14.7 Å². The molecular formula is C21H35N3O3. The first-order chi connectivity index (χ1) is 12.7. The fourth-order valence-corrected chi connectivity index (χ4v) is 5.64. The number of hydrogen-bond donors (Lipinski definition) is 0. The van der Waals surface area contributed by atoms with Gasteiger partial charge in [0, 0.05) is 56.6 Å². The Hall–Kier alpha value is -1.30. The minimum Gasteiger partial charge on any atom is -0.444 e. The number of nitrogens with zero attached hydrogens (tertiary/aromatic N) is 3. The van der Waals surface area contributed by atoms with E-state index in [0.717, 1.165) is 39.3 Å². The lowest BCUT2D eigenvalue weighted by Crippen LogP contribution is -2.67. The average molecular weight is 378 g/mol. The van der Waals surface area contributed by atoms with Crippen LogP contribution in [0.1, 0.15) is 47.5 Å². The van der Waals surface area contributed by atoms with E-state index in [-0.39, 0.29) is 6.09 Å². The van der Waals surface area contributed by atoms with Gasteiger partial charge in [-0.3, -0.25) is 9.69 Å². The van der Waals surface area contributed by atoms with Crippen LogP contribution >= 0.6 is 0 Å². The van der Waals surface area contributed by atoms with Crippen molar-refractivity contribution in [2.45, 2.75) is 59.1 Å². The highest BCUT2D eigenvalue weighted by Crippen LogP contribution is 2.57. The normalized spacial score (nSPS) is 31.9. The molecule has 0 aromatic rings. The maximum Gasteiger partial charge on any atom is 0.410 e. The van der Waals surface area contributed by atoms with Crippen LogP contribution in [0.2, 0.25) is 0 Å². The summed E-state index contributed by atoms with van der Waals surface area (Å²) in [6.45, 7) is 15.4. The van der Waals surface area contributed by atoms with Crippen LogP contribution in [0.25, 0.3) is 0 Å². The van der Waals surface area contributed by atoms with Crippen molar-refractivity contribution < 1.29 is 14.3 Å². The molecule has 1 spiro atoms. The van der Waals surface area contributed by atoms with Gasteiger partial charge in [-0.2, -0.15) is 0 Å². The molecule has 2 amide bonds. The van der Waals surface area contributed by atoms with Crippen LogP contribution in [0.5, 0.6) is 0 Å². The van der Waals surface area contributed by atoms with Crippen LogP contribution in [0.3, 0.4) is 0 Å². The zero-order valence-corrected chi connectivity index (χ0v) is 17.5. The number of piperidine rings is 1. The molecule has 2 saturated heterocycles. The van der Waals surface area contributed by atoms with Crippen LogP contribution in [-0.2, 0) is 9.53 Å². The number of hydrogen-bond acceptors (Lipinski definition) is 4. The molecule has 0 N–H and O–H groups in total. The van der Waals surface area contributed by atoms with E-state index in [4.69, 9.17) is 4.74 Å². The molecule has 0 unspecified atom stereocenters. The fourth-order valence-electron chi connectivity index (χ4n) is 5.64. The van der Waals surface area contributed by atoms with Crippen LogP contribution in [0.4, 0.5) is 4.79 Å². The minimum atomic E-state index is -0.419. The first-order valence-electron chi connectivity index (χ1n) is 10.7. The van der Waals surface area contributed by atoms with Crippen molar-refractivity contribution in [3.05, 3.63) is 0 Å². The minimum absolute atomic E-state index is 0.170. The van der Waals surface area contributed by atoms with Gasteiger partial charge in [0.1, 0.15) is 5.60 Å². The van der Waals surface area contributed by atoms with E-state index in [1.54, 1.807) is 0 Å². The Labute approximate surface area is 163 Å². The van der Waals surface area contributed by atoms with E-state index in [2.05, 4.69) is 18.7 Å². The lowest BCUT2D eigenvalue weighted by molar-refractivity contribution is -0.134. The average Bonchev–Trinajstić information content (AvgIpc) is 2.99. The van der Waals surface area contributed by atoms with Crippen LogP contribution < -0.4 is 0 Å². The summed E-state index contributed by atoms with van der Waals surface area (Å²) in [6.07, 6.45) is 2.22. The molecule has 2 aliphatic carbocycles. The number of carbonyl (C=O) groups excluding carboxylic acids is 2. The van der Waals surface area contributed by atoms with Gasteiger partial charge in [0.05, 0.1) is 0 Å². The van der Waals surface area contributed by atoms with Gasteiger partial charge in [0.2, 0.25) is 5.91 Å². The van der Waals surface area contributed by atoms with Crippen molar-refractivity contribution in [1.29, 1.82) is 0 Å². The Morgan fingerprint density at radius 2 is 1.63 bits per heavy atom. The first kappa shape index (κ1) is 19.0. The number of rotatable bonds is 4. The first-order valence-corrected chi connectivity index (χ1v) is 10.7. The third kappa shape index (κ3) is 3.34. The molecule has 0 aromatic carbocycles. The summed E-state index contributed by atoms with van der Waals surface area (Å²) in [5, 5.41) is 0. The number of amides is 2. The quantitative estimate of drug-likeness (QED) is 0.755. The van der Waals surface area contributed by atoms with Crippen molar-refractivity contribution in [3.8, 4) is 0 Å². The molecule has 0 bridgehead atoms. The van der Waals surface area contributed by atoms with Crippen LogP contribution in [0, 0.1) is 23.2 Å². The highest BCUT2D eigenvalue weighted by Gasteiger charge is 2.63. The van der Waals surface area contributed by atoms with E-state index >= 15 is 0 Å². The van der Waals surface area contributed by atoms with Gasteiger partial charge in [-0.15, -0.1) is 0 Å². The second-order valence-corrected chi connectivity index (χ2v) is 10.2. The maximum atomic E-state index is 12.6. The monoisotopic (exact) mass is 377 g/mol. The van der Waals surface area contributed by atoms with Gasteiger partial charge in [-0.25, -0.2) is 4.79 Å². The van der Waals surface area contributed by atoms with E-state index < -0.39 is 5.60 Å². The third-order valence-electron chi connectivity index (χ3n) is 7.14. The van der Waals surface area contributed by atoms with E-state index in [1.165, 1.54) is 12.8 Å². The molecule has 152 valence electrons. The summed E-state index contributed by atoms with van der Waals surface area (Å²) in [5.74, 6) is 1.86. The molecule has 4 rings (SSSR count). The summed E-state index contributed by atoms with van der Waals surface area (Å²) in [5.41, 5.74) is -0.0809. The third-order valence-corrected chi connectivity index (χ3v) is 7.14. The SMILES string of the molecule is CCN(CC)C(=O)[C@@H]1[C@@H]2CN(C3CC4(C3)CN(C(=O)OC(C)(C)C)C4)C[C@@H]21. The molecule has 27 heavy (non-hydrogen) atoms. The molecule has 0 aromatic heterocycles. The molecule has 4 fully saturated rings. The highest BCUT2D eigenvalue weighted by molar-refractivity contribution is 5.82. The highest BCUT2D eigenvalue weighted by atomic mass is 16.6. The Bertz CT molecular complexity index is 599. The number of ether oxygens (including phenoxy) is 1. The maximum absolute atomic E-state index is 12.6. The predicted octanol–water partition coefficient (Wildman–Crippen LogP) is 2.43. The van der Waals surface area contributed by atoms with Crippen molar-refractivity contribution in [3.63, 3.8) is 0 Å². The topological polar surface area (TPSA) is 53.1 Å². The van der Waals surface area contributed by atoms with Gasteiger partial charge >= 0.3 is 6.09 Å². The number of likely N-dealkylation sites (tertiary alicyclic amines) is 2. The molecule has 0 radical (unpaired) electrons. The zero-order chi connectivity index (χ0) is 19.6. The van der Waals surface area contributed by atoms with Gasteiger partial charge in [0.25, 0.3) is 0 Å². The van der Waals surface area contributed by atoms with Crippen LogP contribution in [-0.4, -0.2) is 77.6 Å². The summed E-state index contributed by atoms with van der Waals surface area (Å²) >= 11 is 0. The lowest BCUT2D eigenvalue weighted by atomic mass is 9.60. The fraction of sp³-hybridized carbons (Fsp3) is 0.905. The molecule has 6 heteroatoms. The molecule has 6 nitrogen and oxygen atoms in total. The van der Waals surface area contributed by atoms with Crippen molar-refractivity contribution >= 4 is 12.0 Å². The standard InChI is InChI=1S/C21H35N3O3/c1-6-22(7-2)18(25)17-15-10-23(11-16(15)17)14-8-21(9-14)12-24(13-21)19(26)27-20(3,4)5/h14-17H,6-13H2,1-5H3/t15-,16+,17-. The summed E-state index contributed by atoms with van der Waals surface area (Å²) in [4.78, 5) is 31.1. The van der Waals surface area contributed by atoms with E-state index in [9.17, 15) is 9.59 Å². The molecule has 2 aliphatic heterocycles. The van der Waals surface area contributed by atoms with Crippen molar-refractivity contribution in [2.75, 3.05) is 39.3 Å². The molecule has 4 aliphatic rings. The smallest absolute Gasteiger partial charge is 0.410 e. The van der Waals surface area contributed by atoms with Gasteiger partial charge in [0.15, 0.2) is 0 Å². The molecule has 3 atom stereocenters. The Morgan fingerprint density at radius 3 is 2.11 bits per heavy atom. The van der Waals surface area contributed by atoms with Gasteiger partial charge in [-0.05, 0) is 59.3 Å². The Kier molecular flexibility index (Phi) is 4.48. The number of carbonyl (C=O) groups is 2. The molecular weight excluding hydrogens is 342 g/mol. The Morgan fingerprint density at radius 1 is 1.07 bits per heavy atom. The molecule has 2 saturated carbocycles. The van der Waals surface area contributed by atoms with Crippen LogP contribution in [0.15, 0.2) is 0 Å². The second-order valence-electron chi connectivity index (χ2n) is 10.2. The van der Waals surface area contributed by atoms with E-state index in [1.807, 2.05) is 30.6 Å². The number of fused-ring (bicyclic) bond motifs is 1. The van der Waals surface area contributed by atoms with Gasteiger partial charge in [-0.1, -0.05) is 0 Å². The predicted molar refractivity (Wildman–Crippen MR) is 103 cm³/mol. The Balaban J connectivity index is 1.19. The second kappa shape index (κ2) is 6.36. The lowest BCUT2D eigenvalue weighted by Gasteiger charge is -2.60. The van der Waals surface area contributed by atoms with E-state index in [0.29, 0.717) is 35.1 Å². The summed E-state index contributed by atoms with van der Waals surface area (Å²) in [6, 6.07) is 0.655. The summed E-state index contributed by atoms with van der Waals surface area (Å²) in [7, 11) is 0. The molecule has 2 heterocycles. The summed E-state index contributed by atoms with van der Waals surface area (Å²) < 4.78 is 5.46.